The summed E-state index contributed by atoms with van der Waals surface area (Å²) in [7, 11) is 0. The second kappa shape index (κ2) is 7.96. The van der Waals surface area contributed by atoms with Crippen molar-refractivity contribution < 1.29 is 32.3 Å². The van der Waals surface area contributed by atoms with E-state index in [9.17, 15) is 32.3 Å². The Morgan fingerprint density at radius 3 is 2.60 bits per heavy atom. The molecule has 0 fully saturated rings. The van der Waals surface area contributed by atoms with E-state index in [1.54, 1.807) is 30.3 Å². The number of aliphatic hydroxyl groups is 1. The number of β-amino-alcohol motifs (C(OH)–C–C–N with tert-alkyl or cyclic N) is 1. The number of hydrogen-bond donors (Lipinski definition) is 3. The maximum Gasteiger partial charge on any atom is 0.423 e. The fraction of sp³-hybridized carbons (Fsp3) is 0.167. The van der Waals surface area contributed by atoms with Gasteiger partial charge in [-0.1, -0.05) is 35.9 Å². The molecule has 0 saturated heterocycles. The number of alkyl halides is 3. The van der Waals surface area contributed by atoms with Gasteiger partial charge in [0.25, 0.3) is 5.91 Å². The normalized spacial score (nSPS) is 20.9. The fourth-order valence-corrected chi connectivity index (χ4v) is 4.73. The zero-order valence-corrected chi connectivity index (χ0v) is 18.4. The van der Waals surface area contributed by atoms with Gasteiger partial charge in [-0.2, -0.15) is 13.2 Å². The molecule has 0 spiro atoms. The molecule has 0 aliphatic carbocycles. The highest BCUT2D eigenvalue weighted by Gasteiger charge is 2.61. The van der Waals surface area contributed by atoms with E-state index in [2.05, 4.69) is 10.6 Å². The first-order chi connectivity index (χ1) is 16.5. The molecule has 2 atom stereocenters. The van der Waals surface area contributed by atoms with Crippen LogP contribution in [-0.2, 0) is 5.60 Å². The molecule has 0 radical (unpaired) electrons. The first-order valence-corrected chi connectivity index (χ1v) is 10.7. The van der Waals surface area contributed by atoms with E-state index in [1.807, 2.05) is 0 Å². The van der Waals surface area contributed by atoms with Crippen LogP contribution in [0.1, 0.15) is 33.1 Å². The zero-order valence-electron chi connectivity index (χ0n) is 17.7. The van der Waals surface area contributed by atoms with Crippen molar-refractivity contribution >= 4 is 34.9 Å². The molecule has 0 bridgehead atoms. The molecule has 2 heterocycles. The zero-order chi connectivity index (χ0) is 25.1. The number of urea groups is 1. The van der Waals surface area contributed by atoms with Crippen molar-refractivity contribution in [3.05, 3.63) is 93.8 Å². The maximum atomic E-state index is 13.7. The first-order valence-electron chi connectivity index (χ1n) is 10.4. The van der Waals surface area contributed by atoms with Crippen molar-refractivity contribution in [2.24, 2.45) is 0 Å². The molecule has 5 rings (SSSR count). The summed E-state index contributed by atoms with van der Waals surface area (Å²) in [6.07, 6.45) is -5.16. The molecule has 3 aromatic carbocycles. The summed E-state index contributed by atoms with van der Waals surface area (Å²) >= 11 is 6.31. The van der Waals surface area contributed by atoms with Crippen LogP contribution < -0.4 is 15.5 Å². The van der Waals surface area contributed by atoms with Crippen LogP contribution in [0.5, 0.6) is 0 Å². The highest BCUT2D eigenvalue weighted by Crippen LogP contribution is 2.49. The number of carbonyl (C=O) groups is 2. The van der Waals surface area contributed by atoms with Crippen LogP contribution in [0.2, 0.25) is 5.02 Å². The number of fused-ring (bicyclic) bond motifs is 2. The number of hydrogen-bond acceptors (Lipinski definition) is 3. The third kappa shape index (κ3) is 3.60. The van der Waals surface area contributed by atoms with Gasteiger partial charge in [-0.15, -0.1) is 0 Å². The monoisotopic (exact) mass is 505 g/mol. The van der Waals surface area contributed by atoms with Crippen LogP contribution in [0.4, 0.5) is 33.7 Å². The van der Waals surface area contributed by atoms with E-state index in [1.165, 1.54) is 12.1 Å². The van der Waals surface area contributed by atoms with E-state index in [0.29, 0.717) is 27.1 Å². The Morgan fingerprint density at radius 1 is 1.14 bits per heavy atom. The number of anilines is 2. The van der Waals surface area contributed by atoms with E-state index < -0.39 is 47.7 Å². The third-order valence-corrected chi connectivity index (χ3v) is 6.51. The highest BCUT2D eigenvalue weighted by molar-refractivity contribution is 6.31. The van der Waals surface area contributed by atoms with Gasteiger partial charge in [-0.3, -0.25) is 9.69 Å². The molecule has 11 heteroatoms. The number of benzene rings is 3. The summed E-state index contributed by atoms with van der Waals surface area (Å²) in [5.74, 6) is -1.39. The summed E-state index contributed by atoms with van der Waals surface area (Å²) in [6.45, 7) is -1.17. The lowest BCUT2D eigenvalue weighted by molar-refractivity contribution is -0.258. The number of nitrogens with zero attached hydrogens (tertiary/aromatic N) is 1. The second-order valence-electron chi connectivity index (χ2n) is 8.23. The molecule has 0 saturated carbocycles. The number of carbonyl (C=O) groups excluding carboxylic acids is 2. The van der Waals surface area contributed by atoms with Gasteiger partial charge in [0.15, 0.2) is 0 Å². The molecule has 3 N–H and O–H groups in total. The number of nitrogens with one attached hydrogen (secondary N) is 2. The van der Waals surface area contributed by atoms with E-state index >= 15 is 0 Å². The topological polar surface area (TPSA) is 81.7 Å². The average molecular weight is 506 g/mol. The SMILES string of the molecule is O=C1N[C@@H](c2ccccc2Cl)c2c(NC(=O)N3C[C@](O)(C(F)(F)F)c4cc(F)ccc43)cccc21. The van der Waals surface area contributed by atoms with Crippen molar-refractivity contribution in [1.82, 2.24) is 5.32 Å². The lowest BCUT2D eigenvalue weighted by atomic mass is 9.95. The summed E-state index contributed by atoms with van der Waals surface area (Å²) < 4.78 is 54.9. The van der Waals surface area contributed by atoms with E-state index in [0.717, 1.165) is 12.1 Å². The van der Waals surface area contributed by atoms with Gasteiger partial charge < -0.3 is 15.7 Å². The van der Waals surface area contributed by atoms with E-state index in [4.69, 9.17) is 11.6 Å². The van der Waals surface area contributed by atoms with E-state index in [-0.39, 0.29) is 16.9 Å². The van der Waals surface area contributed by atoms with Crippen molar-refractivity contribution in [2.45, 2.75) is 17.8 Å². The van der Waals surface area contributed by atoms with Crippen LogP contribution >= 0.6 is 11.6 Å². The van der Waals surface area contributed by atoms with Crippen molar-refractivity contribution in [2.75, 3.05) is 16.8 Å². The Morgan fingerprint density at radius 2 is 1.89 bits per heavy atom. The number of rotatable bonds is 2. The molecular formula is C24H16ClF4N3O3. The minimum absolute atomic E-state index is 0.168. The average Bonchev–Trinajstić information content (AvgIpc) is 3.30. The molecule has 3 amide bonds. The Balaban J connectivity index is 1.53. The molecule has 3 aromatic rings. The predicted octanol–water partition coefficient (Wildman–Crippen LogP) is 5.11. The van der Waals surface area contributed by atoms with Crippen LogP contribution in [0.15, 0.2) is 60.7 Å². The third-order valence-electron chi connectivity index (χ3n) is 6.17. The largest absolute Gasteiger partial charge is 0.423 e. The number of amides is 3. The van der Waals surface area contributed by atoms with Gasteiger partial charge in [0.05, 0.1) is 18.3 Å². The van der Waals surface area contributed by atoms with Crippen molar-refractivity contribution in [3.63, 3.8) is 0 Å². The Bertz CT molecular complexity index is 1380. The Kier molecular flexibility index (Phi) is 5.26. The lowest BCUT2D eigenvalue weighted by Crippen LogP contribution is -2.48. The number of halogens is 5. The van der Waals surface area contributed by atoms with Gasteiger partial charge in [0, 0.05) is 27.4 Å². The molecule has 2 aliphatic heterocycles. The molecule has 2 aliphatic rings. The first kappa shape index (κ1) is 23.1. The summed E-state index contributed by atoms with van der Waals surface area (Å²) in [6, 6.07) is 12.1. The van der Waals surface area contributed by atoms with Crippen LogP contribution in [-0.4, -0.2) is 29.8 Å². The quantitative estimate of drug-likeness (QED) is 0.423. The smallest absolute Gasteiger partial charge is 0.375 e. The van der Waals surface area contributed by atoms with Crippen LogP contribution in [0, 0.1) is 5.82 Å². The molecule has 35 heavy (non-hydrogen) atoms. The van der Waals surface area contributed by atoms with Crippen molar-refractivity contribution in [3.8, 4) is 0 Å². The van der Waals surface area contributed by atoms with Crippen LogP contribution in [0.25, 0.3) is 0 Å². The molecule has 0 aromatic heterocycles. The van der Waals surface area contributed by atoms with Gasteiger partial charge in [-0.25, -0.2) is 9.18 Å². The summed E-state index contributed by atoms with van der Waals surface area (Å²) in [5, 5.41) is 16.1. The maximum absolute atomic E-state index is 13.7. The minimum atomic E-state index is -5.16. The van der Waals surface area contributed by atoms with Crippen LogP contribution in [0.3, 0.4) is 0 Å². The molecule has 6 nitrogen and oxygen atoms in total. The summed E-state index contributed by atoms with van der Waals surface area (Å²) in [5.41, 5.74) is -3.10. The fourth-order valence-electron chi connectivity index (χ4n) is 4.49. The minimum Gasteiger partial charge on any atom is -0.375 e. The molecule has 0 unspecified atom stereocenters. The molecular weight excluding hydrogens is 490 g/mol. The molecule has 180 valence electrons. The lowest BCUT2D eigenvalue weighted by Gasteiger charge is -2.27. The second-order valence-corrected chi connectivity index (χ2v) is 8.64. The predicted molar refractivity (Wildman–Crippen MR) is 120 cm³/mol. The Hall–Kier alpha value is -3.63. The summed E-state index contributed by atoms with van der Waals surface area (Å²) in [4.78, 5) is 26.4. The standard InChI is InChI=1S/C24H16ClF4N3O3/c25-16-6-2-1-4-13(16)20-19-14(21(33)31-20)5-3-7-17(19)30-22(34)32-11-23(35,24(27,28)29)15-10-12(26)8-9-18(15)32/h1-10,20,35H,11H2,(H,30,34)(H,31,33)/t20-,23+/m0/s1. The van der Waals surface area contributed by atoms with Gasteiger partial charge in [0.2, 0.25) is 5.60 Å². The van der Waals surface area contributed by atoms with Gasteiger partial charge in [-0.05, 0) is 42.0 Å². The van der Waals surface area contributed by atoms with Gasteiger partial charge in [0.1, 0.15) is 5.82 Å². The highest BCUT2D eigenvalue weighted by atomic mass is 35.5. The Labute approximate surface area is 201 Å². The van der Waals surface area contributed by atoms with Crippen molar-refractivity contribution in [1.29, 1.82) is 0 Å². The van der Waals surface area contributed by atoms with Gasteiger partial charge >= 0.3 is 12.2 Å².